The van der Waals surface area contributed by atoms with Crippen LogP contribution < -0.4 is 0 Å². The van der Waals surface area contributed by atoms with E-state index in [1.165, 1.54) is 25.7 Å². The Kier molecular flexibility index (Phi) is 7.88. The summed E-state index contributed by atoms with van der Waals surface area (Å²) in [6, 6.07) is 9.56. The minimum atomic E-state index is 0.240. The molecule has 0 unspecified atom stereocenters. The molecule has 0 radical (unpaired) electrons. The average Bonchev–Trinajstić information content (AvgIpc) is 2.43. The summed E-state index contributed by atoms with van der Waals surface area (Å²) >= 11 is 0. The number of ketones is 1. The number of hydrogen-bond donors (Lipinski definition) is 0. The molecule has 1 nitrogen and oxygen atoms in total. The van der Waals surface area contributed by atoms with Crippen LogP contribution >= 0.6 is 0 Å². The zero-order valence-electron chi connectivity index (χ0n) is 12.3. The lowest BCUT2D eigenvalue weighted by Crippen LogP contribution is -2.03. The van der Waals surface area contributed by atoms with Crippen LogP contribution in [0.2, 0.25) is 0 Å². The van der Waals surface area contributed by atoms with Gasteiger partial charge in [-0.2, -0.15) is 0 Å². The van der Waals surface area contributed by atoms with Gasteiger partial charge in [0.2, 0.25) is 0 Å². The Hall–Kier alpha value is -1.37. The van der Waals surface area contributed by atoms with Crippen molar-refractivity contribution >= 4 is 5.78 Å². The lowest BCUT2D eigenvalue weighted by atomic mass is 9.99. The van der Waals surface area contributed by atoms with Crippen molar-refractivity contribution in [1.82, 2.24) is 0 Å². The molecule has 0 aliphatic carbocycles. The zero-order valence-corrected chi connectivity index (χ0v) is 12.3. The van der Waals surface area contributed by atoms with E-state index >= 15 is 0 Å². The quantitative estimate of drug-likeness (QED) is 0.328. The highest BCUT2D eigenvalue weighted by Crippen LogP contribution is 2.12. The summed E-state index contributed by atoms with van der Waals surface area (Å²) in [5.74, 6) is 0.572. The number of unbranched alkanes of at least 4 members (excludes halogenated alkanes) is 4. The molecule has 0 spiro atoms. The second-order valence-corrected chi connectivity index (χ2v) is 5.25. The molecule has 0 bridgehead atoms. The van der Waals surface area contributed by atoms with Gasteiger partial charge in [-0.25, -0.2) is 0 Å². The van der Waals surface area contributed by atoms with Crippen LogP contribution in [0.5, 0.6) is 0 Å². The van der Waals surface area contributed by atoms with Gasteiger partial charge in [-0.05, 0) is 18.8 Å². The summed E-state index contributed by atoms with van der Waals surface area (Å²) in [6.07, 6.45) is 11.4. The lowest BCUT2D eigenvalue weighted by Gasteiger charge is -2.05. The topological polar surface area (TPSA) is 17.1 Å². The predicted octanol–water partition coefficient (Wildman–Crippen LogP) is 5.42. The van der Waals surface area contributed by atoms with Gasteiger partial charge in [-0.15, -0.1) is 0 Å². The predicted molar refractivity (Wildman–Crippen MR) is 82.5 cm³/mol. The molecule has 0 fully saturated rings. The minimum Gasteiger partial charge on any atom is -0.294 e. The van der Waals surface area contributed by atoms with Crippen LogP contribution in [0.1, 0.15) is 62.7 Å². The Morgan fingerprint density at radius 1 is 1.16 bits per heavy atom. The fourth-order valence-electron chi connectivity index (χ4n) is 2.12. The molecule has 0 aliphatic heterocycles. The molecule has 1 heteroatoms. The molecule has 0 N–H and O–H groups in total. The molecule has 1 atom stereocenters. The van der Waals surface area contributed by atoms with E-state index < -0.39 is 0 Å². The highest BCUT2D eigenvalue weighted by Gasteiger charge is 2.08. The molecular weight excluding hydrogens is 232 g/mol. The van der Waals surface area contributed by atoms with Crippen LogP contribution in [0, 0.1) is 5.92 Å². The number of allylic oxidation sites excluding steroid dienone is 2. The molecule has 104 valence electrons. The van der Waals surface area contributed by atoms with Crippen molar-refractivity contribution in [3.05, 3.63) is 48.0 Å². The number of rotatable bonds is 9. The van der Waals surface area contributed by atoms with E-state index in [0.29, 0.717) is 12.3 Å². The number of carbonyl (C=O) groups excluding carboxylic acids is 1. The van der Waals surface area contributed by atoms with E-state index in [0.717, 1.165) is 12.0 Å². The molecule has 0 saturated heterocycles. The van der Waals surface area contributed by atoms with Gasteiger partial charge in [0.25, 0.3) is 0 Å². The second-order valence-electron chi connectivity index (χ2n) is 5.25. The van der Waals surface area contributed by atoms with Crippen molar-refractivity contribution in [1.29, 1.82) is 0 Å². The molecular formula is C18H26O. The lowest BCUT2D eigenvalue weighted by molar-refractivity contribution is 0.0972. The van der Waals surface area contributed by atoms with Crippen molar-refractivity contribution in [2.24, 2.45) is 5.92 Å². The van der Waals surface area contributed by atoms with Crippen LogP contribution in [0.15, 0.2) is 42.5 Å². The Morgan fingerprint density at radius 3 is 2.58 bits per heavy atom. The van der Waals surface area contributed by atoms with Crippen LogP contribution in [-0.2, 0) is 0 Å². The average molecular weight is 258 g/mol. The second kappa shape index (κ2) is 9.55. The monoisotopic (exact) mass is 258 g/mol. The largest absolute Gasteiger partial charge is 0.294 e. The molecule has 0 heterocycles. The molecule has 1 aromatic rings. The maximum Gasteiger partial charge on any atom is 0.163 e. The van der Waals surface area contributed by atoms with Gasteiger partial charge >= 0.3 is 0 Å². The van der Waals surface area contributed by atoms with Gasteiger partial charge < -0.3 is 0 Å². The fraction of sp³-hybridized carbons (Fsp3) is 0.500. The Labute approximate surface area is 117 Å². The molecule has 0 saturated carbocycles. The maximum absolute atomic E-state index is 12.0. The van der Waals surface area contributed by atoms with Gasteiger partial charge in [-0.1, -0.05) is 75.6 Å². The summed E-state index contributed by atoms with van der Waals surface area (Å²) in [4.78, 5) is 12.0. The number of Topliss-reactive ketones (excluding diaryl/α,β-unsaturated/α-hetero) is 1. The van der Waals surface area contributed by atoms with E-state index in [-0.39, 0.29) is 5.78 Å². The first-order valence-corrected chi connectivity index (χ1v) is 7.49. The normalized spacial score (nSPS) is 12.7. The molecule has 0 aliphatic rings. The van der Waals surface area contributed by atoms with E-state index in [2.05, 4.69) is 26.0 Å². The molecule has 0 amide bonds. The highest BCUT2D eigenvalue weighted by molar-refractivity contribution is 5.96. The van der Waals surface area contributed by atoms with Crippen molar-refractivity contribution in [2.75, 3.05) is 0 Å². The number of carbonyl (C=O) groups is 1. The summed E-state index contributed by atoms with van der Waals surface area (Å²) in [7, 11) is 0. The zero-order chi connectivity index (χ0) is 13.9. The van der Waals surface area contributed by atoms with Gasteiger partial charge in [0.15, 0.2) is 5.78 Å². The van der Waals surface area contributed by atoms with Crippen molar-refractivity contribution in [3.63, 3.8) is 0 Å². The van der Waals surface area contributed by atoms with Gasteiger partial charge in [0.1, 0.15) is 0 Å². The van der Waals surface area contributed by atoms with Crippen LogP contribution in [0.25, 0.3) is 0 Å². The van der Waals surface area contributed by atoms with Crippen molar-refractivity contribution in [3.8, 4) is 0 Å². The summed E-state index contributed by atoms with van der Waals surface area (Å²) in [6.45, 7) is 4.34. The van der Waals surface area contributed by atoms with Crippen LogP contribution in [0.3, 0.4) is 0 Å². The molecule has 1 rings (SSSR count). The summed E-state index contributed by atoms with van der Waals surface area (Å²) in [5, 5.41) is 0. The third-order valence-electron chi connectivity index (χ3n) is 3.29. The number of benzene rings is 1. The van der Waals surface area contributed by atoms with Crippen molar-refractivity contribution < 1.29 is 4.79 Å². The van der Waals surface area contributed by atoms with Gasteiger partial charge in [0, 0.05) is 12.0 Å². The van der Waals surface area contributed by atoms with E-state index in [4.69, 9.17) is 0 Å². The minimum absolute atomic E-state index is 0.240. The smallest absolute Gasteiger partial charge is 0.163 e. The summed E-state index contributed by atoms with van der Waals surface area (Å²) in [5.41, 5.74) is 0.825. The van der Waals surface area contributed by atoms with Gasteiger partial charge in [0.05, 0.1) is 0 Å². The highest BCUT2D eigenvalue weighted by atomic mass is 16.1. The standard InChI is InChI=1S/C18H26O/c1-3-4-5-6-7-9-12-16(2)15-18(19)17-13-10-8-11-14-17/h8-14,16H,3-7,15H2,1-2H3/b12-9+/t16-/m1/s1. The fourth-order valence-corrected chi connectivity index (χ4v) is 2.12. The van der Waals surface area contributed by atoms with E-state index in [9.17, 15) is 4.79 Å². The van der Waals surface area contributed by atoms with E-state index in [1.54, 1.807) is 0 Å². The van der Waals surface area contributed by atoms with Crippen molar-refractivity contribution in [2.45, 2.75) is 52.4 Å². The first-order chi connectivity index (χ1) is 9.24. The third-order valence-corrected chi connectivity index (χ3v) is 3.29. The Morgan fingerprint density at radius 2 is 1.89 bits per heavy atom. The first-order valence-electron chi connectivity index (χ1n) is 7.49. The van der Waals surface area contributed by atoms with Crippen LogP contribution in [-0.4, -0.2) is 5.78 Å². The molecule has 1 aromatic carbocycles. The Bertz CT molecular complexity index is 378. The maximum atomic E-state index is 12.0. The Balaban J connectivity index is 2.25. The van der Waals surface area contributed by atoms with E-state index in [1.807, 2.05) is 30.3 Å². The van der Waals surface area contributed by atoms with Gasteiger partial charge in [-0.3, -0.25) is 4.79 Å². The number of hydrogen-bond acceptors (Lipinski definition) is 1. The first kappa shape index (κ1) is 15.7. The molecule has 19 heavy (non-hydrogen) atoms. The third kappa shape index (κ3) is 6.95. The SMILES string of the molecule is CCCCCC/C=C/[C@@H](C)CC(=O)c1ccccc1. The summed E-state index contributed by atoms with van der Waals surface area (Å²) < 4.78 is 0. The van der Waals surface area contributed by atoms with Crippen LogP contribution in [0.4, 0.5) is 0 Å². The molecule has 0 aromatic heterocycles.